The van der Waals surface area contributed by atoms with Crippen LogP contribution in [0.3, 0.4) is 0 Å². The first-order valence-electron chi connectivity index (χ1n) is 4.20. The lowest BCUT2D eigenvalue weighted by molar-refractivity contribution is 0.794. The van der Waals surface area contributed by atoms with Gasteiger partial charge in [-0.15, -0.1) is 10.2 Å². The van der Waals surface area contributed by atoms with Gasteiger partial charge in [0.05, 0.1) is 11.6 Å². The van der Waals surface area contributed by atoms with E-state index in [1.807, 2.05) is 16.7 Å². The van der Waals surface area contributed by atoms with Crippen LogP contribution < -0.4 is 0 Å². The smallest absolute Gasteiger partial charge is 0.119 e. The van der Waals surface area contributed by atoms with Crippen molar-refractivity contribution in [1.29, 1.82) is 5.26 Å². The summed E-state index contributed by atoms with van der Waals surface area (Å²) in [7, 11) is 0. The number of rotatable bonds is 2. The van der Waals surface area contributed by atoms with E-state index in [1.54, 1.807) is 24.8 Å². The van der Waals surface area contributed by atoms with Crippen molar-refractivity contribution in [2.45, 2.75) is 6.54 Å². The standard InChI is InChI=1S/C10H8N4/c11-5-9-1-3-10(4-2-9)6-14-7-12-13-8-14/h1-4,7-8H,6H2. The molecule has 1 heterocycles. The van der Waals surface area contributed by atoms with Gasteiger partial charge in [0.15, 0.2) is 0 Å². The van der Waals surface area contributed by atoms with E-state index in [0.717, 1.165) is 12.1 Å². The molecule has 2 aromatic rings. The second-order valence-corrected chi connectivity index (χ2v) is 2.94. The molecule has 1 aromatic heterocycles. The maximum atomic E-state index is 8.61. The molecule has 0 spiro atoms. The zero-order valence-corrected chi connectivity index (χ0v) is 7.46. The van der Waals surface area contributed by atoms with Crippen LogP contribution in [0.1, 0.15) is 11.1 Å². The van der Waals surface area contributed by atoms with Gasteiger partial charge < -0.3 is 4.57 Å². The maximum absolute atomic E-state index is 8.61. The quantitative estimate of drug-likeness (QED) is 0.704. The average Bonchev–Trinajstić information content (AvgIpc) is 2.72. The predicted molar refractivity (Wildman–Crippen MR) is 50.3 cm³/mol. The van der Waals surface area contributed by atoms with Crippen molar-refractivity contribution < 1.29 is 0 Å². The Labute approximate surface area is 81.4 Å². The van der Waals surface area contributed by atoms with E-state index in [9.17, 15) is 0 Å². The molecule has 4 heteroatoms. The summed E-state index contributed by atoms with van der Waals surface area (Å²) in [5.74, 6) is 0. The van der Waals surface area contributed by atoms with Crippen LogP contribution >= 0.6 is 0 Å². The van der Waals surface area contributed by atoms with Gasteiger partial charge in [0.1, 0.15) is 12.7 Å². The number of nitrogens with zero attached hydrogens (tertiary/aromatic N) is 4. The highest BCUT2D eigenvalue weighted by atomic mass is 15.2. The van der Waals surface area contributed by atoms with E-state index in [0.29, 0.717) is 5.56 Å². The largest absolute Gasteiger partial charge is 0.316 e. The van der Waals surface area contributed by atoms with Crippen molar-refractivity contribution in [3.63, 3.8) is 0 Å². The average molecular weight is 184 g/mol. The summed E-state index contributed by atoms with van der Waals surface area (Å²) in [6, 6.07) is 9.55. The van der Waals surface area contributed by atoms with E-state index in [2.05, 4.69) is 16.3 Å². The van der Waals surface area contributed by atoms with E-state index >= 15 is 0 Å². The molecule has 14 heavy (non-hydrogen) atoms. The second-order valence-electron chi connectivity index (χ2n) is 2.94. The number of hydrogen-bond donors (Lipinski definition) is 0. The first kappa shape index (κ1) is 8.45. The molecule has 0 saturated carbocycles. The topological polar surface area (TPSA) is 54.5 Å². The molecule has 0 unspecified atom stereocenters. The molecule has 68 valence electrons. The molecule has 0 aliphatic carbocycles. The third-order valence-electron chi connectivity index (χ3n) is 1.91. The first-order chi connectivity index (χ1) is 6.88. The normalized spacial score (nSPS) is 9.64. The molecule has 0 aliphatic heterocycles. The second kappa shape index (κ2) is 3.71. The summed E-state index contributed by atoms with van der Waals surface area (Å²) in [5.41, 5.74) is 1.81. The minimum Gasteiger partial charge on any atom is -0.316 e. The summed E-state index contributed by atoms with van der Waals surface area (Å²) >= 11 is 0. The summed E-state index contributed by atoms with van der Waals surface area (Å²) in [6.45, 7) is 0.735. The molecular formula is C10H8N4. The van der Waals surface area contributed by atoms with Crippen LogP contribution in [0.25, 0.3) is 0 Å². The molecular weight excluding hydrogens is 176 g/mol. The van der Waals surface area contributed by atoms with Gasteiger partial charge >= 0.3 is 0 Å². The molecule has 2 rings (SSSR count). The van der Waals surface area contributed by atoms with Crippen LogP contribution in [0.15, 0.2) is 36.9 Å². The molecule has 0 fully saturated rings. The summed E-state index contributed by atoms with van der Waals surface area (Å²) in [4.78, 5) is 0. The van der Waals surface area contributed by atoms with Crippen LogP contribution in [-0.2, 0) is 6.54 Å². The first-order valence-corrected chi connectivity index (χ1v) is 4.20. The van der Waals surface area contributed by atoms with Crippen molar-refractivity contribution in [3.05, 3.63) is 48.0 Å². The van der Waals surface area contributed by atoms with Gasteiger partial charge in [-0.25, -0.2) is 0 Å². The van der Waals surface area contributed by atoms with Crippen LogP contribution in [-0.4, -0.2) is 14.8 Å². The summed E-state index contributed by atoms with van der Waals surface area (Å²) in [6.07, 6.45) is 3.33. The van der Waals surface area contributed by atoms with E-state index in [1.165, 1.54) is 0 Å². The highest BCUT2D eigenvalue weighted by Gasteiger charge is 1.95. The lowest BCUT2D eigenvalue weighted by atomic mass is 10.1. The van der Waals surface area contributed by atoms with Crippen molar-refractivity contribution in [1.82, 2.24) is 14.8 Å². The minimum absolute atomic E-state index is 0.678. The Morgan fingerprint density at radius 2 is 1.79 bits per heavy atom. The zero-order valence-electron chi connectivity index (χ0n) is 7.46. The lowest BCUT2D eigenvalue weighted by Crippen LogP contribution is -1.95. The molecule has 0 bridgehead atoms. The van der Waals surface area contributed by atoms with Gasteiger partial charge in [-0.05, 0) is 17.7 Å². The number of aromatic nitrogens is 3. The van der Waals surface area contributed by atoms with Crippen molar-refractivity contribution >= 4 is 0 Å². The monoisotopic (exact) mass is 184 g/mol. The van der Waals surface area contributed by atoms with Gasteiger partial charge in [0, 0.05) is 6.54 Å². The Hall–Kier alpha value is -2.15. The molecule has 0 aliphatic rings. The zero-order chi connectivity index (χ0) is 9.80. The van der Waals surface area contributed by atoms with Gasteiger partial charge in [-0.3, -0.25) is 0 Å². The third kappa shape index (κ3) is 1.77. The van der Waals surface area contributed by atoms with E-state index in [-0.39, 0.29) is 0 Å². The Kier molecular flexibility index (Phi) is 2.24. The van der Waals surface area contributed by atoms with Crippen LogP contribution in [0.5, 0.6) is 0 Å². The fraction of sp³-hybridized carbons (Fsp3) is 0.100. The molecule has 0 atom stereocenters. The third-order valence-corrected chi connectivity index (χ3v) is 1.91. The van der Waals surface area contributed by atoms with E-state index in [4.69, 9.17) is 5.26 Å². The number of benzene rings is 1. The van der Waals surface area contributed by atoms with Crippen LogP contribution in [0.4, 0.5) is 0 Å². The Bertz CT molecular complexity index is 436. The SMILES string of the molecule is N#Cc1ccc(Cn2cnnc2)cc1. The highest BCUT2D eigenvalue weighted by molar-refractivity contribution is 5.31. The summed E-state index contributed by atoms with van der Waals surface area (Å²) in [5, 5.41) is 16.0. The van der Waals surface area contributed by atoms with Gasteiger partial charge in [-0.1, -0.05) is 12.1 Å². The lowest BCUT2D eigenvalue weighted by Gasteiger charge is -2.00. The predicted octanol–water partition coefficient (Wildman–Crippen LogP) is 1.20. The van der Waals surface area contributed by atoms with Crippen LogP contribution in [0.2, 0.25) is 0 Å². The van der Waals surface area contributed by atoms with Gasteiger partial charge in [-0.2, -0.15) is 5.26 Å². The fourth-order valence-electron chi connectivity index (χ4n) is 1.20. The van der Waals surface area contributed by atoms with Crippen molar-refractivity contribution in [2.75, 3.05) is 0 Å². The summed E-state index contributed by atoms with van der Waals surface area (Å²) < 4.78 is 1.88. The Balaban J connectivity index is 2.15. The molecule has 0 saturated heterocycles. The minimum atomic E-state index is 0.678. The molecule has 0 N–H and O–H groups in total. The Morgan fingerprint density at radius 3 is 2.36 bits per heavy atom. The van der Waals surface area contributed by atoms with Gasteiger partial charge in [0.2, 0.25) is 0 Å². The number of hydrogen-bond acceptors (Lipinski definition) is 3. The molecule has 4 nitrogen and oxygen atoms in total. The highest BCUT2D eigenvalue weighted by Crippen LogP contribution is 2.04. The van der Waals surface area contributed by atoms with Crippen LogP contribution in [0, 0.1) is 11.3 Å². The fourth-order valence-corrected chi connectivity index (χ4v) is 1.20. The molecule has 0 amide bonds. The van der Waals surface area contributed by atoms with Crippen molar-refractivity contribution in [2.24, 2.45) is 0 Å². The molecule has 0 radical (unpaired) electrons. The van der Waals surface area contributed by atoms with Gasteiger partial charge in [0.25, 0.3) is 0 Å². The van der Waals surface area contributed by atoms with Crippen molar-refractivity contribution in [3.8, 4) is 6.07 Å². The Morgan fingerprint density at radius 1 is 1.14 bits per heavy atom. The maximum Gasteiger partial charge on any atom is 0.119 e. The number of nitriles is 1. The van der Waals surface area contributed by atoms with E-state index < -0.39 is 0 Å². The molecule has 1 aromatic carbocycles.